The van der Waals surface area contributed by atoms with Gasteiger partial charge < -0.3 is 33.8 Å². The standard InChI is InChI=1S/C80H156O17P2/c1-70(2)56-48-40-32-25-19-15-11-9-10-12-17-21-29-37-46-54-62-79(84)96-75(66-90-77(82)60-52-44-36-28-24-23-27-34-42-50-58-72(5)6)68-94-98(86,87)92-64-74(81)65-93-99(88,89)95-69-76(67-91-78(83)61-53-45-39-31-35-43-51-59-73(7)8)97-80(85)63-55-47-38-30-22-18-14-13-16-20-26-33-41-49-57-71(3)4/h70-76,81H,9-69H2,1-8H3,(H,86,87)(H,88,89)/t74?,75-,76-/m1/s1. The van der Waals surface area contributed by atoms with Crippen molar-refractivity contribution < 1.29 is 80.2 Å². The maximum Gasteiger partial charge on any atom is 0.472 e. The smallest absolute Gasteiger partial charge is 0.462 e. The summed E-state index contributed by atoms with van der Waals surface area (Å²) in [7, 11) is -9.92. The van der Waals surface area contributed by atoms with E-state index < -0.39 is 97.5 Å². The van der Waals surface area contributed by atoms with Crippen molar-refractivity contribution in [3.8, 4) is 0 Å². The van der Waals surface area contributed by atoms with Crippen molar-refractivity contribution in [3.05, 3.63) is 0 Å². The van der Waals surface area contributed by atoms with Crippen LogP contribution in [0.15, 0.2) is 0 Å². The van der Waals surface area contributed by atoms with Crippen LogP contribution < -0.4 is 0 Å². The number of rotatable bonds is 77. The second kappa shape index (κ2) is 69.1. The molecule has 0 aromatic heterocycles. The molecule has 5 atom stereocenters. The van der Waals surface area contributed by atoms with E-state index in [-0.39, 0.29) is 25.7 Å². The fourth-order valence-corrected chi connectivity index (χ4v) is 13.8. The minimum atomic E-state index is -4.96. The number of carbonyl (C=O) groups is 4. The molecule has 0 radical (unpaired) electrons. The maximum absolute atomic E-state index is 13.1. The Morgan fingerprint density at radius 3 is 0.626 bits per heavy atom. The first-order chi connectivity index (χ1) is 47.6. The molecule has 0 spiro atoms. The van der Waals surface area contributed by atoms with E-state index >= 15 is 0 Å². The van der Waals surface area contributed by atoms with E-state index in [1.54, 1.807) is 0 Å². The van der Waals surface area contributed by atoms with Crippen LogP contribution in [0.5, 0.6) is 0 Å². The Kier molecular flexibility index (Phi) is 67.8. The molecule has 0 bridgehead atoms. The lowest BCUT2D eigenvalue weighted by Gasteiger charge is -2.21. The summed E-state index contributed by atoms with van der Waals surface area (Å²) in [5.74, 6) is 0.952. The first kappa shape index (κ1) is 97.1. The number of carbonyl (C=O) groups excluding carboxylic acids is 4. The van der Waals surface area contributed by atoms with Crippen LogP contribution in [-0.2, 0) is 65.4 Å². The predicted octanol–water partition coefficient (Wildman–Crippen LogP) is 23.6. The van der Waals surface area contributed by atoms with Gasteiger partial charge in [0, 0.05) is 25.7 Å². The van der Waals surface area contributed by atoms with Gasteiger partial charge in [-0.1, -0.05) is 357 Å². The van der Waals surface area contributed by atoms with E-state index in [2.05, 4.69) is 55.4 Å². The van der Waals surface area contributed by atoms with E-state index in [1.807, 2.05) is 0 Å². The minimum Gasteiger partial charge on any atom is -0.462 e. The Bertz CT molecular complexity index is 1940. The summed E-state index contributed by atoms with van der Waals surface area (Å²) in [6.07, 6.45) is 55.6. The van der Waals surface area contributed by atoms with Crippen molar-refractivity contribution >= 4 is 39.5 Å². The zero-order valence-corrected chi connectivity index (χ0v) is 66.9. The quantitative estimate of drug-likeness (QED) is 0.0222. The van der Waals surface area contributed by atoms with Gasteiger partial charge in [0.1, 0.15) is 19.3 Å². The summed E-state index contributed by atoms with van der Waals surface area (Å²) >= 11 is 0. The number of unbranched alkanes of at least 4 members (excludes halogenated alkanes) is 43. The molecule has 0 saturated carbocycles. The molecule has 588 valence electrons. The highest BCUT2D eigenvalue weighted by Crippen LogP contribution is 2.45. The Balaban J connectivity index is 5.23. The SMILES string of the molecule is CC(C)CCCCCCCCCCCCCCCCCCC(=O)O[C@H](COC(=O)CCCCCCCCCCCCC(C)C)COP(=O)(O)OCC(O)COP(=O)(O)OC[C@@H](COC(=O)CCCCCCCCCC(C)C)OC(=O)CCCCCCCCCCCCCCCCC(C)C. The first-order valence-corrected chi connectivity index (χ1v) is 44.2. The van der Waals surface area contributed by atoms with Gasteiger partial charge in [0.15, 0.2) is 12.2 Å². The van der Waals surface area contributed by atoms with Crippen LogP contribution in [0.1, 0.15) is 409 Å². The molecule has 0 aromatic carbocycles. The minimum absolute atomic E-state index is 0.106. The van der Waals surface area contributed by atoms with Crippen LogP contribution in [-0.4, -0.2) is 96.7 Å². The summed E-state index contributed by atoms with van der Waals surface area (Å²) in [5.41, 5.74) is 0. The molecule has 0 fully saturated rings. The van der Waals surface area contributed by atoms with E-state index in [4.69, 9.17) is 37.0 Å². The van der Waals surface area contributed by atoms with Crippen molar-refractivity contribution in [1.82, 2.24) is 0 Å². The highest BCUT2D eigenvalue weighted by Gasteiger charge is 2.30. The van der Waals surface area contributed by atoms with Crippen LogP contribution in [0.2, 0.25) is 0 Å². The largest absolute Gasteiger partial charge is 0.472 e. The Morgan fingerprint density at radius 2 is 0.424 bits per heavy atom. The molecular formula is C80H156O17P2. The molecule has 99 heavy (non-hydrogen) atoms. The van der Waals surface area contributed by atoms with Gasteiger partial charge in [-0.2, -0.15) is 0 Å². The van der Waals surface area contributed by atoms with E-state index in [1.165, 1.54) is 205 Å². The van der Waals surface area contributed by atoms with Gasteiger partial charge >= 0.3 is 39.5 Å². The first-order valence-electron chi connectivity index (χ1n) is 41.2. The molecule has 0 rings (SSSR count). The molecule has 0 aliphatic rings. The van der Waals surface area contributed by atoms with Gasteiger partial charge in [0.25, 0.3) is 0 Å². The van der Waals surface area contributed by atoms with Gasteiger partial charge in [-0.15, -0.1) is 0 Å². The van der Waals surface area contributed by atoms with Crippen LogP contribution in [0, 0.1) is 23.7 Å². The van der Waals surface area contributed by atoms with Crippen molar-refractivity contribution in [2.45, 2.75) is 427 Å². The molecule has 3 unspecified atom stereocenters. The van der Waals surface area contributed by atoms with Crippen LogP contribution in [0.4, 0.5) is 0 Å². The fraction of sp³-hybridized carbons (Fsp3) is 0.950. The molecular weight excluding hydrogens is 1290 g/mol. The summed E-state index contributed by atoms with van der Waals surface area (Å²) in [4.78, 5) is 73.0. The molecule has 0 aromatic rings. The molecule has 0 aliphatic heterocycles. The average Bonchev–Trinajstić information content (AvgIpc) is 1.02. The number of ether oxygens (including phenoxy) is 4. The molecule has 17 nitrogen and oxygen atoms in total. The zero-order chi connectivity index (χ0) is 73.1. The molecule has 19 heteroatoms. The molecule has 0 saturated heterocycles. The Morgan fingerprint density at radius 1 is 0.253 bits per heavy atom. The predicted molar refractivity (Wildman–Crippen MR) is 404 cm³/mol. The van der Waals surface area contributed by atoms with E-state index in [0.29, 0.717) is 31.6 Å². The summed E-state index contributed by atoms with van der Waals surface area (Å²) < 4.78 is 68.7. The summed E-state index contributed by atoms with van der Waals surface area (Å²) in [6, 6.07) is 0. The van der Waals surface area contributed by atoms with Crippen molar-refractivity contribution in [2.75, 3.05) is 39.6 Å². The second-order valence-corrected chi connectivity index (χ2v) is 33.6. The average molecular weight is 1450 g/mol. The van der Waals surface area contributed by atoms with Gasteiger partial charge in [-0.3, -0.25) is 37.3 Å². The second-order valence-electron chi connectivity index (χ2n) is 30.7. The summed E-state index contributed by atoms with van der Waals surface area (Å²) in [6.45, 7) is 14.2. The normalized spacial score (nSPS) is 14.1. The lowest BCUT2D eigenvalue weighted by Crippen LogP contribution is -2.30. The highest BCUT2D eigenvalue weighted by molar-refractivity contribution is 7.47. The lowest BCUT2D eigenvalue weighted by atomic mass is 10.0. The third-order valence-corrected chi connectivity index (χ3v) is 20.5. The molecule has 0 heterocycles. The number of hydrogen-bond donors (Lipinski definition) is 3. The van der Waals surface area contributed by atoms with Crippen molar-refractivity contribution in [3.63, 3.8) is 0 Å². The lowest BCUT2D eigenvalue weighted by molar-refractivity contribution is -0.161. The highest BCUT2D eigenvalue weighted by atomic mass is 31.2. The van der Waals surface area contributed by atoms with Crippen LogP contribution in [0.3, 0.4) is 0 Å². The van der Waals surface area contributed by atoms with Crippen LogP contribution >= 0.6 is 15.6 Å². The number of esters is 4. The van der Waals surface area contributed by atoms with Gasteiger partial charge in [0.05, 0.1) is 26.4 Å². The van der Waals surface area contributed by atoms with Crippen molar-refractivity contribution in [2.24, 2.45) is 23.7 Å². The van der Waals surface area contributed by atoms with Gasteiger partial charge in [-0.05, 0) is 49.4 Å². The topological polar surface area (TPSA) is 237 Å². The number of phosphoric acid groups is 2. The zero-order valence-electron chi connectivity index (χ0n) is 65.1. The number of hydrogen-bond acceptors (Lipinski definition) is 15. The van der Waals surface area contributed by atoms with E-state index in [0.717, 1.165) is 114 Å². The van der Waals surface area contributed by atoms with E-state index in [9.17, 15) is 43.2 Å². The molecule has 0 amide bonds. The molecule has 0 aliphatic carbocycles. The number of aliphatic hydroxyl groups is 1. The Labute approximate surface area is 607 Å². The van der Waals surface area contributed by atoms with Crippen LogP contribution in [0.25, 0.3) is 0 Å². The maximum atomic E-state index is 13.1. The van der Waals surface area contributed by atoms with Gasteiger partial charge in [0.2, 0.25) is 0 Å². The van der Waals surface area contributed by atoms with Crippen molar-refractivity contribution in [1.29, 1.82) is 0 Å². The third-order valence-electron chi connectivity index (χ3n) is 18.6. The number of aliphatic hydroxyl groups excluding tert-OH is 1. The Hall–Kier alpha value is -1.94. The number of phosphoric ester groups is 2. The summed E-state index contributed by atoms with van der Waals surface area (Å²) in [5, 5.41) is 10.6. The molecule has 3 N–H and O–H groups in total. The van der Waals surface area contributed by atoms with Gasteiger partial charge in [-0.25, -0.2) is 9.13 Å². The third kappa shape index (κ3) is 74.1. The fourth-order valence-electron chi connectivity index (χ4n) is 12.3. The monoisotopic (exact) mass is 1450 g/mol.